The summed E-state index contributed by atoms with van der Waals surface area (Å²) < 4.78 is 11.1. The first-order chi connectivity index (χ1) is 20.5. The molecule has 0 radical (unpaired) electrons. The number of benzene rings is 2. The molecule has 0 unspecified atom stereocenters. The molecule has 4 aromatic rings. The molecule has 1 saturated heterocycles. The summed E-state index contributed by atoms with van der Waals surface area (Å²) in [4.78, 5) is 11.8. The smallest absolute Gasteiger partial charge is 0.148 e. The molecule has 2 aromatic carbocycles. The van der Waals surface area contributed by atoms with Gasteiger partial charge in [-0.05, 0) is 42.7 Å². The highest BCUT2D eigenvalue weighted by Gasteiger charge is 2.28. The molecule has 1 fully saturated rings. The fourth-order valence-electron chi connectivity index (χ4n) is 4.81. The molecule has 0 saturated carbocycles. The second kappa shape index (κ2) is 14.0. The van der Waals surface area contributed by atoms with Gasteiger partial charge in [0.2, 0.25) is 0 Å². The second-order valence-electron chi connectivity index (χ2n) is 9.55. The Bertz CT molecular complexity index is 1610. The normalized spacial score (nSPS) is 13.5. The van der Waals surface area contributed by atoms with Gasteiger partial charge >= 0.3 is 0 Å². The van der Waals surface area contributed by atoms with Crippen molar-refractivity contribution < 1.29 is 14.6 Å². The number of hydrogen-bond acceptors (Lipinski definition) is 10. The zero-order valence-corrected chi connectivity index (χ0v) is 25.3. The highest BCUT2D eigenvalue weighted by Crippen LogP contribution is 2.40. The number of ether oxygens (including phenoxy) is 2. The fourth-order valence-corrected chi connectivity index (χ4v) is 6.74. The van der Waals surface area contributed by atoms with Crippen LogP contribution in [0, 0.1) is 22.7 Å². The summed E-state index contributed by atoms with van der Waals surface area (Å²) in [5, 5.41) is 34.0. The van der Waals surface area contributed by atoms with Crippen molar-refractivity contribution in [2.45, 2.75) is 29.7 Å². The maximum Gasteiger partial charge on any atom is 0.148 e. The average Bonchev–Trinajstić information content (AvgIpc) is 3.51. The van der Waals surface area contributed by atoms with Gasteiger partial charge in [0.15, 0.2) is 0 Å². The van der Waals surface area contributed by atoms with Gasteiger partial charge < -0.3 is 19.5 Å². The SMILES string of the molecule is COC1CCN(c2nc(SCc3csc(-c4ccc(Cl)cc4)n3)c(C#N)c(-c3ccc(OCCO)cc3)c2C#N)CC1. The summed E-state index contributed by atoms with van der Waals surface area (Å²) in [6.07, 6.45) is 1.82. The summed E-state index contributed by atoms with van der Waals surface area (Å²) in [5.74, 6) is 1.68. The van der Waals surface area contributed by atoms with Crippen molar-refractivity contribution in [3.05, 3.63) is 75.8 Å². The Morgan fingerprint density at radius 1 is 1.02 bits per heavy atom. The van der Waals surface area contributed by atoms with Crippen molar-refractivity contribution in [1.82, 2.24) is 9.97 Å². The Kier molecular flexibility index (Phi) is 9.96. The first kappa shape index (κ1) is 29.8. The number of aliphatic hydroxyl groups is 1. The number of methoxy groups -OCH3 is 1. The van der Waals surface area contributed by atoms with Crippen LogP contribution in [0.15, 0.2) is 58.9 Å². The van der Waals surface area contributed by atoms with Crippen LogP contribution in [0.3, 0.4) is 0 Å². The second-order valence-corrected chi connectivity index (χ2v) is 11.8. The molecule has 0 amide bonds. The Hall–Kier alpha value is -3.64. The summed E-state index contributed by atoms with van der Waals surface area (Å²) in [6, 6.07) is 19.5. The minimum atomic E-state index is -0.0901. The third-order valence-electron chi connectivity index (χ3n) is 6.95. The Balaban J connectivity index is 1.52. The highest BCUT2D eigenvalue weighted by molar-refractivity contribution is 7.98. The molecule has 1 aliphatic heterocycles. The summed E-state index contributed by atoms with van der Waals surface area (Å²) >= 11 is 9.03. The van der Waals surface area contributed by atoms with E-state index in [1.54, 1.807) is 30.6 Å². The molecule has 8 nitrogen and oxygen atoms in total. The first-order valence-electron chi connectivity index (χ1n) is 13.4. The van der Waals surface area contributed by atoms with Crippen LogP contribution in [0.4, 0.5) is 5.82 Å². The third-order valence-corrected chi connectivity index (χ3v) is 9.15. The van der Waals surface area contributed by atoms with E-state index in [-0.39, 0.29) is 19.3 Å². The van der Waals surface area contributed by atoms with E-state index in [4.69, 9.17) is 36.1 Å². The van der Waals surface area contributed by atoms with Crippen LogP contribution in [-0.4, -0.2) is 54.6 Å². The van der Waals surface area contributed by atoms with Gasteiger partial charge in [0, 0.05) is 47.5 Å². The van der Waals surface area contributed by atoms with Crippen molar-refractivity contribution >= 4 is 40.5 Å². The van der Waals surface area contributed by atoms with E-state index in [1.807, 2.05) is 41.8 Å². The van der Waals surface area contributed by atoms with E-state index in [0.717, 1.165) is 34.7 Å². The van der Waals surface area contributed by atoms with E-state index < -0.39 is 0 Å². The number of piperidine rings is 1. The van der Waals surface area contributed by atoms with Crippen LogP contribution in [0.2, 0.25) is 5.02 Å². The molecule has 1 N–H and O–H groups in total. The lowest BCUT2D eigenvalue weighted by Crippen LogP contribution is -2.37. The zero-order chi connectivity index (χ0) is 29.5. The van der Waals surface area contributed by atoms with Crippen LogP contribution in [0.5, 0.6) is 5.75 Å². The lowest BCUT2D eigenvalue weighted by Gasteiger charge is -2.33. The average molecular weight is 618 g/mol. The largest absolute Gasteiger partial charge is 0.491 e. The number of nitriles is 2. The molecule has 5 rings (SSSR count). The van der Waals surface area contributed by atoms with Crippen LogP contribution in [0.1, 0.15) is 29.7 Å². The molecular formula is C31H28ClN5O3S2. The molecule has 214 valence electrons. The van der Waals surface area contributed by atoms with E-state index in [9.17, 15) is 10.5 Å². The van der Waals surface area contributed by atoms with Crippen LogP contribution >= 0.6 is 34.7 Å². The van der Waals surface area contributed by atoms with Crippen molar-refractivity contribution in [1.29, 1.82) is 10.5 Å². The maximum absolute atomic E-state index is 10.4. The van der Waals surface area contributed by atoms with Gasteiger partial charge in [0.25, 0.3) is 0 Å². The lowest BCUT2D eigenvalue weighted by molar-refractivity contribution is 0.0818. The van der Waals surface area contributed by atoms with Gasteiger partial charge in [0.05, 0.1) is 24.0 Å². The number of anilines is 1. The van der Waals surface area contributed by atoms with Crippen LogP contribution in [0.25, 0.3) is 21.7 Å². The van der Waals surface area contributed by atoms with Gasteiger partial charge in [-0.25, -0.2) is 9.97 Å². The molecule has 0 bridgehead atoms. The first-order valence-corrected chi connectivity index (χ1v) is 15.6. The minimum Gasteiger partial charge on any atom is -0.491 e. The maximum atomic E-state index is 10.4. The fraction of sp³-hybridized carbons (Fsp3) is 0.290. The Labute approximate surface area is 258 Å². The van der Waals surface area contributed by atoms with Crippen molar-refractivity contribution in [3.8, 4) is 39.6 Å². The number of aliphatic hydroxyl groups excluding tert-OH is 1. The van der Waals surface area contributed by atoms with Gasteiger partial charge in [-0.1, -0.05) is 47.6 Å². The number of thioether (sulfide) groups is 1. The topological polar surface area (TPSA) is 115 Å². The zero-order valence-electron chi connectivity index (χ0n) is 22.9. The summed E-state index contributed by atoms with van der Waals surface area (Å²) in [5.41, 5.74) is 3.86. The number of halogens is 1. The molecule has 3 heterocycles. The molecule has 42 heavy (non-hydrogen) atoms. The Morgan fingerprint density at radius 3 is 2.36 bits per heavy atom. The highest BCUT2D eigenvalue weighted by atomic mass is 35.5. The number of pyridine rings is 1. The van der Waals surface area contributed by atoms with Crippen LogP contribution in [-0.2, 0) is 10.5 Å². The van der Waals surface area contributed by atoms with E-state index in [2.05, 4.69) is 17.0 Å². The number of hydrogen-bond donors (Lipinski definition) is 1. The Morgan fingerprint density at radius 2 is 1.71 bits per heavy atom. The van der Waals surface area contributed by atoms with E-state index >= 15 is 0 Å². The molecular weight excluding hydrogens is 590 g/mol. The van der Waals surface area contributed by atoms with Gasteiger partial charge in [-0.3, -0.25) is 0 Å². The molecule has 11 heteroatoms. The van der Waals surface area contributed by atoms with Crippen molar-refractivity contribution in [2.24, 2.45) is 0 Å². The number of aromatic nitrogens is 2. The molecule has 2 aromatic heterocycles. The minimum absolute atomic E-state index is 0.0901. The van der Waals surface area contributed by atoms with Crippen LogP contribution < -0.4 is 9.64 Å². The summed E-state index contributed by atoms with van der Waals surface area (Å²) in [6.45, 7) is 1.48. The number of thiazole rings is 1. The predicted molar refractivity (Wildman–Crippen MR) is 166 cm³/mol. The van der Waals surface area contributed by atoms with E-state index in [1.165, 1.54) is 11.8 Å². The van der Waals surface area contributed by atoms with Crippen molar-refractivity contribution in [3.63, 3.8) is 0 Å². The molecule has 1 aliphatic rings. The molecule has 0 atom stereocenters. The van der Waals surface area contributed by atoms with Gasteiger partial charge in [-0.2, -0.15) is 10.5 Å². The van der Waals surface area contributed by atoms with Gasteiger partial charge in [-0.15, -0.1) is 11.3 Å². The van der Waals surface area contributed by atoms with Crippen molar-refractivity contribution in [2.75, 3.05) is 38.3 Å². The third kappa shape index (κ3) is 6.70. The number of rotatable bonds is 10. The molecule has 0 aliphatic carbocycles. The van der Waals surface area contributed by atoms with Gasteiger partial charge in [0.1, 0.15) is 45.9 Å². The molecule has 0 spiro atoms. The van der Waals surface area contributed by atoms with E-state index in [0.29, 0.717) is 57.1 Å². The lowest BCUT2D eigenvalue weighted by atomic mass is 9.96. The predicted octanol–water partition coefficient (Wildman–Crippen LogP) is 6.55. The quantitative estimate of drug-likeness (QED) is 0.198. The monoisotopic (exact) mass is 617 g/mol. The number of nitrogens with zero attached hydrogens (tertiary/aromatic N) is 5. The standard InChI is InChI=1S/C31H28ClN5O3S2/c1-39-24-10-12-37(13-11-24)29-26(16-33)28(20-4-8-25(9-5-20)40-15-14-38)27(17-34)31(36-29)42-19-23-18-41-30(35-23)21-2-6-22(32)7-3-21/h2-9,18,24,38H,10-15,19H2,1H3. The summed E-state index contributed by atoms with van der Waals surface area (Å²) in [7, 11) is 1.72.